The van der Waals surface area contributed by atoms with E-state index in [0.29, 0.717) is 0 Å². The van der Waals surface area contributed by atoms with Gasteiger partial charge in [0.15, 0.2) is 0 Å². The molecule has 0 aliphatic rings. The molecule has 0 radical (unpaired) electrons. The molecule has 0 spiro atoms. The number of halogens is 10. The minimum atomic E-state index is -2.17. The van der Waals surface area contributed by atoms with Crippen molar-refractivity contribution in [2.75, 3.05) is 0 Å². The predicted octanol–water partition coefficient (Wildman–Crippen LogP) is 4.43. The van der Waals surface area contributed by atoms with Crippen molar-refractivity contribution in [3.05, 3.63) is 77.7 Å². The van der Waals surface area contributed by atoms with Crippen LogP contribution in [-0.4, -0.2) is 17.4 Å². The van der Waals surface area contributed by atoms with Crippen molar-refractivity contribution in [1.29, 1.82) is 0 Å². The van der Waals surface area contributed by atoms with E-state index in [2.05, 4.69) is 0 Å². The minimum absolute atomic E-state index is 0. The Bertz CT molecular complexity index is 603. The molecule has 0 fully saturated rings. The fraction of sp³-hybridized carbons (Fsp3) is 0. The molecule has 0 N–H and O–H groups in total. The van der Waals surface area contributed by atoms with Crippen LogP contribution in [-0.2, 0) is 0 Å². The zero-order valence-corrected chi connectivity index (χ0v) is 12.5. The molecule has 0 saturated heterocycles. The van der Waals surface area contributed by atoms with E-state index in [4.69, 9.17) is 0 Å². The number of hydrogen-bond acceptors (Lipinski definition) is 0. The summed E-state index contributed by atoms with van der Waals surface area (Å²) < 4.78 is 120. The van der Waals surface area contributed by atoms with Gasteiger partial charge in [-0.15, -0.1) is 12.1 Å². The summed E-state index contributed by atoms with van der Waals surface area (Å²) in [5.74, 6) is -20.1. The molecule has 2 aromatic rings. The van der Waals surface area contributed by atoms with Gasteiger partial charge in [0.25, 0.3) is 0 Å². The first-order valence-corrected chi connectivity index (χ1v) is 4.89. The molecule has 0 aliphatic heterocycles. The molecular formula is C13H3AlF10. The fourth-order valence-electron chi connectivity index (χ4n) is 0.990. The summed E-state index contributed by atoms with van der Waals surface area (Å²) in [4.78, 5) is 0. The van der Waals surface area contributed by atoms with Crippen molar-refractivity contribution in [3.63, 3.8) is 0 Å². The fourth-order valence-corrected chi connectivity index (χ4v) is 0.990. The van der Waals surface area contributed by atoms with Crippen LogP contribution in [0.5, 0.6) is 0 Å². The Kier molecular flexibility index (Phi) is 9.75. The van der Waals surface area contributed by atoms with E-state index in [1.54, 1.807) is 0 Å². The molecule has 0 bridgehead atoms. The van der Waals surface area contributed by atoms with Crippen LogP contribution in [0.15, 0.2) is 0 Å². The predicted molar refractivity (Wildman–Crippen MR) is 62.3 cm³/mol. The summed E-state index contributed by atoms with van der Waals surface area (Å²) in [6.45, 7) is 0. The molecule has 128 valence electrons. The van der Waals surface area contributed by atoms with Gasteiger partial charge >= 0.3 is 17.4 Å². The molecule has 2 aromatic carbocycles. The Labute approximate surface area is 139 Å². The molecule has 24 heavy (non-hydrogen) atoms. The second-order valence-corrected chi connectivity index (χ2v) is 3.39. The van der Waals surface area contributed by atoms with Gasteiger partial charge in [0.2, 0.25) is 0 Å². The van der Waals surface area contributed by atoms with Gasteiger partial charge < -0.3 is 7.43 Å². The van der Waals surface area contributed by atoms with E-state index in [1.807, 2.05) is 0 Å². The first-order chi connectivity index (χ1) is 10.1. The molecule has 11 heteroatoms. The maximum atomic E-state index is 12.0. The van der Waals surface area contributed by atoms with Crippen LogP contribution in [0.1, 0.15) is 0 Å². The minimum Gasteiger partial charge on any atom is -0.358 e. The largest absolute Gasteiger partial charge is 3.00 e. The van der Waals surface area contributed by atoms with Gasteiger partial charge in [-0.2, -0.15) is 0 Å². The molecule has 0 aliphatic carbocycles. The quantitative estimate of drug-likeness (QED) is 0.210. The maximum Gasteiger partial charge on any atom is 3.00 e. The third kappa shape index (κ3) is 5.14. The molecule has 0 nitrogen and oxygen atoms in total. The summed E-state index contributed by atoms with van der Waals surface area (Å²) in [6, 6.07) is 2.05. The van der Waals surface area contributed by atoms with Crippen LogP contribution < -0.4 is 0 Å². The summed E-state index contributed by atoms with van der Waals surface area (Å²) in [5, 5.41) is 0. The maximum absolute atomic E-state index is 12.0. The Balaban J connectivity index is 0. The second kappa shape index (κ2) is 9.54. The molecule has 0 heterocycles. The van der Waals surface area contributed by atoms with Gasteiger partial charge in [0.05, 0.1) is 58.2 Å². The van der Waals surface area contributed by atoms with Crippen LogP contribution in [0.2, 0.25) is 0 Å². The number of rotatable bonds is 0. The van der Waals surface area contributed by atoms with Crippen molar-refractivity contribution in [3.8, 4) is 0 Å². The van der Waals surface area contributed by atoms with Gasteiger partial charge in [-0.25, -0.2) is 26.3 Å². The van der Waals surface area contributed by atoms with E-state index in [1.165, 1.54) is 0 Å². The molecule has 0 atom stereocenters. The Hall–Kier alpha value is -1.73. The van der Waals surface area contributed by atoms with Crippen LogP contribution >= 0.6 is 0 Å². The van der Waals surface area contributed by atoms with E-state index in [0.717, 1.165) is 12.1 Å². The van der Waals surface area contributed by atoms with Crippen molar-refractivity contribution >= 4 is 17.4 Å². The molecule has 0 unspecified atom stereocenters. The zero-order valence-electron chi connectivity index (χ0n) is 11.4. The first kappa shape index (κ1) is 24.5. The Morgan fingerprint density at radius 3 is 0.708 bits per heavy atom. The number of benzene rings is 2. The Morgan fingerprint density at radius 1 is 0.375 bits per heavy atom. The normalized spacial score (nSPS) is 9.42. The SMILES string of the molecule is Fc1[c-]c(F)c(F)c(F)c1F.Fc1[c-]c(F)c(F)c(F)c1F.[Al+3].[CH3-]. The van der Waals surface area contributed by atoms with Crippen LogP contribution in [0.25, 0.3) is 0 Å². The van der Waals surface area contributed by atoms with E-state index in [-0.39, 0.29) is 24.8 Å². The molecule has 0 aromatic heterocycles. The smallest absolute Gasteiger partial charge is 0.358 e. The third-order valence-electron chi connectivity index (χ3n) is 1.98. The van der Waals surface area contributed by atoms with Gasteiger partial charge in [0, 0.05) is 0 Å². The van der Waals surface area contributed by atoms with Gasteiger partial charge in [-0.05, 0) is 0 Å². The summed E-state index contributed by atoms with van der Waals surface area (Å²) in [6.07, 6.45) is 0. The molecule has 0 saturated carbocycles. The van der Waals surface area contributed by atoms with Crippen molar-refractivity contribution in [2.45, 2.75) is 0 Å². The first-order valence-electron chi connectivity index (χ1n) is 4.89. The van der Waals surface area contributed by atoms with Crippen LogP contribution in [0.3, 0.4) is 0 Å². The molecule has 2 rings (SSSR count). The van der Waals surface area contributed by atoms with Crippen LogP contribution in [0, 0.1) is 77.7 Å². The third-order valence-corrected chi connectivity index (χ3v) is 1.98. The van der Waals surface area contributed by atoms with Gasteiger partial charge in [0.1, 0.15) is 0 Å². The van der Waals surface area contributed by atoms with Crippen LogP contribution in [0.4, 0.5) is 43.9 Å². The summed E-state index contributed by atoms with van der Waals surface area (Å²) in [5.41, 5.74) is 0. The number of hydrogen-bond donors (Lipinski definition) is 0. The standard InChI is InChI=1S/2C6F5.CH3.Al/c2*7-2-1-3(8)5(10)6(11)4(2)9;;/h;;1H3;/q3*-1;+3. The average Bonchev–Trinajstić information content (AvgIpc) is 2.47. The Morgan fingerprint density at radius 2 is 0.542 bits per heavy atom. The van der Waals surface area contributed by atoms with E-state index in [9.17, 15) is 43.9 Å². The monoisotopic (exact) mass is 376 g/mol. The molecule has 0 amide bonds. The zero-order chi connectivity index (χ0) is 17.2. The van der Waals surface area contributed by atoms with E-state index < -0.39 is 58.2 Å². The van der Waals surface area contributed by atoms with Gasteiger partial charge in [-0.3, -0.25) is 17.6 Å². The molecular weight excluding hydrogens is 373 g/mol. The van der Waals surface area contributed by atoms with Crippen molar-refractivity contribution in [2.24, 2.45) is 0 Å². The van der Waals surface area contributed by atoms with Gasteiger partial charge in [-0.1, -0.05) is 0 Å². The van der Waals surface area contributed by atoms with E-state index >= 15 is 0 Å². The average molecular weight is 376 g/mol. The summed E-state index contributed by atoms with van der Waals surface area (Å²) in [7, 11) is 0. The van der Waals surface area contributed by atoms with Crippen molar-refractivity contribution < 1.29 is 43.9 Å². The topological polar surface area (TPSA) is 0 Å². The van der Waals surface area contributed by atoms with Crippen molar-refractivity contribution in [1.82, 2.24) is 0 Å². The second-order valence-electron chi connectivity index (χ2n) is 3.39. The summed E-state index contributed by atoms with van der Waals surface area (Å²) >= 11 is 0.